The number of carbonyl (C=O) groups is 2. The van der Waals surface area contributed by atoms with E-state index in [9.17, 15) is 9.59 Å². The van der Waals surface area contributed by atoms with E-state index < -0.39 is 6.04 Å². The number of rotatable bonds is 3. The van der Waals surface area contributed by atoms with E-state index in [1.807, 2.05) is 48.5 Å². The molecule has 0 saturated heterocycles. The van der Waals surface area contributed by atoms with Crippen LogP contribution in [0.1, 0.15) is 23.7 Å². The SMILES string of the molecule is CC(=O)N1Cc2[nH]c3ccccc3c2CC1C(=O)NCc1ccccc1. The predicted octanol–water partition coefficient (Wildman–Crippen LogP) is 2.76. The normalized spacial score (nSPS) is 16.3. The van der Waals surface area contributed by atoms with Crippen molar-refractivity contribution in [3.8, 4) is 0 Å². The van der Waals surface area contributed by atoms with Gasteiger partial charge >= 0.3 is 0 Å². The lowest BCUT2D eigenvalue weighted by Gasteiger charge is -2.34. The molecule has 5 nitrogen and oxygen atoms in total. The molecule has 5 heteroatoms. The van der Waals surface area contributed by atoms with Crippen LogP contribution in [-0.2, 0) is 29.1 Å². The van der Waals surface area contributed by atoms with E-state index in [4.69, 9.17) is 0 Å². The predicted molar refractivity (Wildman–Crippen MR) is 100 cm³/mol. The van der Waals surface area contributed by atoms with E-state index >= 15 is 0 Å². The second kappa shape index (κ2) is 6.67. The number of aromatic nitrogens is 1. The van der Waals surface area contributed by atoms with Crippen LogP contribution < -0.4 is 5.32 Å². The maximum absolute atomic E-state index is 12.8. The lowest BCUT2D eigenvalue weighted by molar-refractivity contribution is -0.140. The number of aromatic amines is 1. The molecule has 0 aliphatic carbocycles. The van der Waals surface area contributed by atoms with Gasteiger partial charge in [-0.25, -0.2) is 0 Å². The number of nitrogens with zero attached hydrogens (tertiary/aromatic N) is 1. The van der Waals surface area contributed by atoms with Crippen LogP contribution in [-0.4, -0.2) is 27.7 Å². The molecule has 2 heterocycles. The van der Waals surface area contributed by atoms with Gasteiger partial charge in [-0.15, -0.1) is 0 Å². The third-order valence-electron chi connectivity index (χ3n) is 5.02. The summed E-state index contributed by atoms with van der Waals surface area (Å²) in [6.45, 7) is 2.41. The molecule has 0 radical (unpaired) electrons. The van der Waals surface area contributed by atoms with E-state index in [-0.39, 0.29) is 11.8 Å². The fourth-order valence-electron chi connectivity index (χ4n) is 3.68. The highest BCUT2D eigenvalue weighted by atomic mass is 16.2. The van der Waals surface area contributed by atoms with Crippen LogP contribution in [0.25, 0.3) is 10.9 Å². The summed E-state index contributed by atoms with van der Waals surface area (Å²) in [4.78, 5) is 30.0. The third kappa shape index (κ3) is 2.96. The molecule has 0 fully saturated rings. The first-order valence-corrected chi connectivity index (χ1v) is 8.81. The lowest BCUT2D eigenvalue weighted by Crippen LogP contribution is -2.51. The van der Waals surface area contributed by atoms with Gasteiger partial charge in [-0.05, 0) is 17.2 Å². The monoisotopic (exact) mass is 347 g/mol. The van der Waals surface area contributed by atoms with Gasteiger partial charge in [0.15, 0.2) is 0 Å². The fraction of sp³-hybridized carbons (Fsp3) is 0.238. The van der Waals surface area contributed by atoms with Crippen LogP contribution in [0.15, 0.2) is 54.6 Å². The Balaban J connectivity index is 1.59. The number of H-pyrrole nitrogens is 1. The highest BCUT2D eigenvalue weighted by molar-refractivity contribution is 5.91. The first-order chi connectivity index (χ1) is 12.6. The van der Waals surface area contributed by atoms with Crippen molar-refractivity contribution < 1.29 is 9.59 Å². The van der Waals surface area contributed by atoms with Gasteiger partial charge in [0, 0.05) is 36.5 Å². The molecule has 4 rings (SSSR count). The topological polar surface area (TPSA) is 65.2 Å². The summed E-state index contributed by atoms with van der Waals surface area (Å²) in [7, 11) is 0. The van der Waals surface area contributed by atoms with Crippen molar-refractivity contribution in [3.63, 3.8) is 0 Å². The van der Waals surface area contributed by atoms with Crippen LogP contribution in [0.5, 0.6) is 0 Å². The molecule has 132 valence electrons. The quantitative estimate of drug-likeness (QED) is 0.765. The average Bonchev–Trinajstić information content (AvgIpc) is 3.03. The number of nitrogens with one attached hydrogen (secondary N) is 2. The Morgan fingerprint density at radius 2 is 1.85 bits per heavy atom. The van der Waals surface area contributed by atoms with Gasteiger partial charge in [0.1, 0.15) is 6.04 Å². The van der Waals surface area contributed by atoms with Crippen LogP contribution in [0.3, 0.4) is 0 Å². The van der Waals surface area contributed by atoms with Crippen molar-refractivity contribution in [1.29, 1.82) is 0 Å². The Hall–Kier alpha value is -3.08. The molecular formula is C21H21N3O2. The number of fused-ring (bicyclic) bond motifs is 3. The first kappa shape index (κ1) is 16.4. The summed E-state index contributed by atoms with van der Waals surface area (Å²) < 4.78 is 0. The molecule has 1 aliphatic rings. The van der Waals surface area contributed by atoms with E-state index in [1.165, 1.54) is 6.92 Å². The number of para-hydroxylation sites is 1. The van der Waals surface area contributed by atoms with Crippen LogP contribution in [0.4, 0.5) is 0 Å². The molecule has 1 aliphatic heterocycles. The highest BCUT2D eigenvalue weighted by Gasteiger charge is 2.34. The van der Waals surface area contributed by atoms with Crippen molar-refractivity contribution >= 4 is 22.7 Å². The van der Waals surface area contributed by atoms with Crippen molar-refractivity contribution in [1.82, 2.24) is 15.2 Å². The van der Waals surface area contributed by atoms with E-state index in [2.05, 4.69) is 16.4 Å². The maximum atomic E-state index is 12.8. The minimum absolute atomic E-state index is 0.0887. The minimum Gasteiger partial charge on any atom is -0.357 e. The standard InChI is InChI=1S/C21H21N3O2/c1-14(25)24-13-19-17(16-9-5-6-10-18(16)23-19)11-20(24)21(26)22-12-15-7-3-2-4-8-15/h2-10,20,23H,11-13H2,1H3,(H,22,26). The molecule has 0 spiro atoms. The molecule has 3 aromatic rings. The Bertz CT molecular complexity index is 962. The maximum Gasteiger partial charge on any atom is 0.243 e. The van der Waals surface area contributed by atoms with Gasteiger partial charge in [0.25, 0.3) is 0 Å². The van der Waals surface area contributed by atoms with Crippen LogP contribution >= 0.6 is 0 Å². The van der Waals surface area contributed by atoms with Crippen molar-refractivity contribution in [3.05, 3.63) is 71.4 Å². The zero-order valence-corrected chi connectivity index (χ0v) is 14.7. The fourth-order valence-corrected chi connectivity index (χ4v) is 3.68. The molecule has 1 atom stereocenters. The highest BCUT2D eigenvalue weighted by Crippen LogP contribution is 2.30. The lowest BCUT2D eigenvalue weighted by atomic mass is 9.96. The van der Waals surface area contributed by atoms with E-state index in [1.54, 1.807) is 4.90 Å². The van der Waals surface area contributed by atoms with E-state index in [0.717, 1.165) is 27.7 Å². The summed E-state index contributed by atoms with van der Waals surface area (Å²) >= 11 is 0. The summed E-state index contributed by atoms with van der Waals surface area (Å²) in [6, 6.07) is 17.4. The van der Waals surface area contributed by atoms with Crippen molar-refractivity contribution in [2.45, 2.75) is 32.5 Å². The second-order valence-electron chi connectivity index (χ2n) is 6.70. The largest absolute Gasteiger partial charge is 0.357 e. The number of benzene rings is 2. The Morgan fingerprint density at radius 1 is 1.12 bits per heavy atom. The molecular weight excluding hydrogens is 326 g/mol. The summed E-state index contributed by atoms with van der Waals surface area (Å²) in [5, 5.41) is 4.11. The Morgan fingerprint density at radius 3 is 2.62 bits per heavy atom. The molecule has 1 aromatic heterocycles. The Kier molecular flexibility index (Phi) is 4.21. The number of hydrogen-bond donors (Lipinski definition) is 2. The van der Waals surface area contributed by atoms with E-state index in [0.29, 0.717) is 19.5 Å². The summed E-state index contributed by atoms with van der Waals surface area (Å²) in [5.41, 5.74) is 4.25. The van der Waals surface area contributed by atoms with Gasteiger partial charge in [-0.2, -0.15) is 0 Å². The smallest absolute Gasteiger partial charge is 0.243 e. The molecule has 0 saturated carbocycles. The first-order valence-electron chi connectivity index (χ1n) is 8.81. The molecule has 1 unspecified atom stereocenters. The molecule has 2 aromatic carbocycles. The minimum atomic E-state index is -0.483. The summed E-state index contributed by atoms with van der Waals surface area (Å²) in [5.74, 6) is -0.200. The van der Waals surface area contributed by atoms with Crippen LogP contribution in [0.2, 0.25) is 0 Å². The molecule has 2 amide bonds. The van der Waals surface area contributed by atoms with Gasteiger partial charge in [-0.3, -0.25) is 9.59 Å². The van der Waals surface area contributed by atoms with Gasteiger partial charge < -0.3 is 15.2 Å². The van der Waals surface area contributed by atoms with Gasteiger partial charge in [0.05, 0.1) is 6.54 Å². The van der Waals surface area contributed by atoms with Gasteiger partial charge in [-0.1, -0.05) is 48.5 Å². The third-order valence-corrected chi connectivity index (χ3v) is 5.02. The summed E-state index contributed by atoms with van der Waals surface area (Å²) in [6.07, 6.45) is 0.527. The number of hydrogen-bond acceptors (Lipinski definition) is 2. The van der Waals surface area contributed by atoms with Crippen LogP contribution in [0, 0.1) is 0 Å². The number of carbonyl (C=O) groups excluding carboxylic acids is 2. The molecule has 26 heavy (non-hydrogen) atoms. The second-order valence-corrected chi connectivity index (χ2v) is 6.70. The Labute approximate surface area is 152 Å². The number of amides is 2. The molecule has 0 bridgehead atoms. The van der Waals surface area contributed by atoms with Crippen molar-refractivity contribution in [2.24, 2.45) is 0 Å². The van der Waals surface area contributed by atoms with Crippen molar-refractivity contribution in [2.75, 3.05) is 0 Å². The van der Waals surface area contributed by atoms with Gasteiger partial charge in [0.2, 0.25) is 11.8 Å². The zero-order valence-electron chi connectivity index (χ0n) is 14.7. The zero-order chi connectivity index (χ0) is 18.1. The average molecular weight is 347 g/mol. The molecule has 2 N–H and O–H groups in total.